The van der Waals surface area contributed by atoms with Gasteiger partial charge in [0.25, 0.3) is 0 Å². The summed E-state index contributed by atoms with van der Waals surface area (Å²) in [6.45, 7) is 38.2. The van der Waals surface area contributed by atoms with Crippen molar-refractivity contribution in [2.24, 2.45) is 0 Å². The fourth-order valence-corrected chi connectivity index (χ4v) is 7.64. The van der Waals surface area contributed by atoms with Crippen molar-refractivity contribution in [3.63, 3.8) is 0 Å². The van der Waals surface area contributed by atoms with Gasteiger partial charge in [0.2, 0.25) is 0 Å². The second-order valence-electron chi connectivity index (χ2n) is 18.5. The molecule has 0 aliphatic rings. The van der Waals surface area contributed by atoms with E-state index in [9.17, 15) is 19.2 Å². The predicted molar refractivity (Wildman–Crippen MR) is 261 cm³/mol. The minimum Gasteiger partial charge on any atom is -0.423 e. The first kappa shape index (κ1) is 51.4. The Balaban J connectivity index is 1.90. The van der Waals surface area contributed by atoms with Crippen LogP contribution in [0.4, 0.5) is 0 Å². The Hall–Kier alpha value is -6.28. The monoisotopic (exact) mass is 880 g/mol. The van der Waals surface area contributed by atoms with Gasteiger partial charge in [-0.2, -0.15) is 0 Å². The molecule has 0 aliphatic carbocycles. The average Bonchev–Trinajstić information content (AvgIpc) is 3.24. The summed E-state index contributed by atoms with van der Waals surface area (Å²) in [6.07, 6.45) is 2.24. The molecule has 0 spiro atoms. The van der Waals surface area contributed by atoms with Gasteiger partial charge in [0.1, 0.15) is 23.0 Å². The molecule has 0 saturated heterocycles. The van der Waals surface area contributed by atoms with Crippen molar-refractivity contribution in [3.8, 4) is 23.0 Å². The summed E-state index contributed by atoms with van der Waals surface area (Å²) in [6, 6.07) is 24.1. The van der Waals surface area contributed by atoms with E-state index in [0.29, 0.717) is 45.3 Å². The molecule has 65 heavy (non-hydrogen) atoms. The molecule has 8 heteroatoms. The van der Waals surface area contributed by atoms with Crippen LogP contribution in [0, 0.1) is 0 Å². The van der Waals surface area contributed by atoms with Gasteiger partial charge in [-0.3, -0.25) is 0 Å². The number of carbonyl (C=O) groups is 4. The Labute approximate surface area is 387 Å². The lowest BCUT2D eigenvalue weighted by Gasteiger charge is -2.26. The highest BCUT2D eigenvalue weighted by Gasteiger charge is 2.26. The molecule has 0 aliphatic heterocycles. The zero-order valence-electron chi connectivity index (χ0n) is 40.6. The van der Waals surface area contributed by atoms with E-state index in [4.69, 9.17) is 18.9 Å². The van der Waals surface area contributed by atoms with Crippen molar-refractivity contribution >= 4 is 23.9 Å². The predicted octanol–water partition coefficient (Wildman–Crippen LogP) is 14.2. The second-order valence-corrected chi connectivity index (χ2v) is 18.5. The van der Waals surface area contributed by atoms with Gasteiger partial charge in [-0.25, -0.2) is 19.2 Å². The molecule has 0 atom stereocenters. The number of hydrogen-bond donors (Lipinski definition) is 0. The van der Waals surface area contributed by atoms with Gasteiger partial charge >= 0.3 is 23.9 Å². The van der Waals surface area contributed by atoms with Crippen molar-refractivity contribution in [1.29, 1.82) is 0 Å². The Morgan fingerprint density at radius 1 is 0.385 bits per heavy atom. The largest absolute Gasteiger partial charge is 0.423 e. The highest BCUT2D eigenvalue weighted by molar-refractivity contribution is 5.90. The summed E-state index contributed by atoms with van der Waals surface area (Å²) in [5.41, 5.74) is 9.08. The van der Waals surface area contributed by atoms with Crippen molar-refractivity contribution in [3.05, 3.63) is 166 Å². The first-order valence-corrected chi connectivity index (χ1v) is 22.6. The Bertz CT molecular complexity index is 2140. The molecule has 0 fully saturated rings. The Morgan fingerprint density at radius 3 is 0.754 bits per heavy atom. The van der Waals surface area contributed by atoms with Gasteiger partial charge in [0.15, 0.2) is 0 Å². The molecular formula is C57H68O8. The fraction of sp³-hybridized carbons (Fsp3) is 0.368. The van der Waals surface area contributed by atoms with Gasteiger partial charge < -0.3 is 18.9 Å². The lowest BCUT2D eigenvalue weighted by atomic mass is 9.80. The Morgan fingerprint density at radius 2 is 0.585 bits per heavy atom. The van der Waals surface area contributed by atoms with Crippen LogP contribution < -0.4 is 18.9 Å². The first-order valence-electron chi connectivity index (χ1n) is 22.6. The third-order valence-corrected chi connectivity index (χ3v) is 11.4. The van der Waals surface area contributed by atoms with E-state index in [1.807, 2.05) is 48.5 Å². The van der Waals surface area contributed by atoms with Crippen LogP contribution >= 0.6 is 0 Å². The van der Waals surface area contributed by atoms with Gasteiger partial charge in [0, 0.05) is 34.1 Å². The molecule has 0 unspecified atom stereocenters. The number of esters is 4. The third kappa shape index (κ3) is 13.4. The van der Waals surface area contributed by atoms with Gasteiger partial charge in [0.05, 0.1) is 0 Å². The standard InChI is InChI=1S/C57H68O8/c1-32(2)46-28-40(20-24-50(46)62-54(58)36(9)10)44(41-21-25-51(47(29-41)33(3)4)63-55(59)37(11)12)18-17-19-45(42-22-26-52(48(30-42)34(5)6)64-56(60)38(13)14)43-23-27-53(49(31-43)35(7)8)65-57(61)39(15)16/h20-35,44-45H,9,11,13,15,17-19H2,1-8,10,12,14,16H3. The first-order chi connectivity index (χ1) is 30.5. The minimum atomic E-state index is -0.478. The second kappa shape index (κ2) is 22.6. The molecule has 0 amide bonds. The lowest BCUT2D eigenvalue weighted by molar-refractivity contribution is -0.131. The molecule has 0 aromatic heterocycles. The van der Waals surface area contributed by atoms with Gasteiger partial charge in [-0.15, -0.1) is 0 Å². The Kier molecular flexibility index (Phi) is 17.8. The summed E-state index contributed by atoms with van der Waals surface area (Å²) in [5, 5.41) is 0. The molecule has 0 saturated carbocycles. The summed E-state index contributed by atoms with van der Waals surface area (Å²) < 4.78 is 23.3. The SMILES string of the molecule is C=C(C)C(=O)Oc1ccc(C(CCCC(c2ccc(OC(=O)C(=C)C)c(C(C)C)c2)c2ccc(OC(=O)C(=C)C)c(C(C)C)c2)c2ccc(OC(=O)C(=C)C)c(C(C)C)c2)cc1C(C)C. The topological polar surface area (TPSA) is 105 Å². The molecule has 0 bridgehead atoms. The highest BCUT2D eigenvalue weighted by Crippen LogP contribution is 2.42. The van der Waals surface area contributed by atoms with E-state index < -0.39 is 23.9 Å². The fourth-order valence-electron chi connectivity index (χ4n) is 7.64. The summed E-state index contributed by atoms with van der Waals surface area (Å²) >= 11 is 0. The quantitative estimate of drug-likeness (QED) is 0.0491. The third-order valence-electron chi connectivity index (χ3n) is 11.4. The normalized spacial score (nSPS) is 11.4. The van der Waals surface area contributed by atoms with Gasteiger partial charge in [-0.05, 0) is 133 Å². The smallest absolute Gasteiger partial charge is 0.338 e. The van der Waals surface area contributed by atoms with Crippen molar-refractivity contribution in [2.45, 2.75) is 138 Å². The molecular weight excluding hydrogens is 813 g/mol. The van der Waals surface area contributed by atoms with E-state index in [-0.39, 0.29) is 35.5 Å². The molecule has 4 aromatic rings. The molecule has 0 heterocycles. The van der Waals surface area contributed by atoms with Crippen LogP contribution in [-0.4, -0.2) is 23.9 Å². The zero-order valence-corrected chi connectivity index (χ0v) is 40.6. The van der Waals surface area contributed by atoms with Crippen LogP contribution in [0.2, 0.25) is 0 Å². The minimum absolute atomic E-state index is 0.0450. The van der Waals surface area contributed by atoms with Gasteiger partial charge in [-0.1, -0.05) is 137 Å². The lowest BCUT2D eigenvalue weighted by Crippen LogP contribution is -2.13. The maximum Gasteiger partial charge on any atom is 0.338 e. The van der Waals surface area contributed by atoms with Crippen LogP contribution in [0.1, 0.15) is 182 Å². The molecule has 4 rings (SSSR count). The van der Waals surface area contributed by atoms with Crippen LogP contribution in [0.5, 0.6) is 23.0 Å². The summed E-state index contributed by atoms with van der Waals surface area (Å²) in [7, 11) is 0. The zero-order chi connectivity index (χ0) is 48.4. The van der Waals surface area contributed by atoms with Crippen LogP contribution in [0.25, 0.3) is 0 Å². The highest BCUT2D eigenvalue weighted by atomic mass is 16.5. The van der Waals surface area contributed by atoms with E-state index in [2.05, 4.69) is 106 Å². The average molecular weight is 881 g/mol. The molecule has 0 N–H and O–H groups in total. The van der Waals surface area contributed by atoms with Crippen molar-refractivity contribution in [2.75, 3.05) is 0 Å². The number of benzene rings is 4. The number of carbonyl (C=O) groups excluding carboxylic acids is 4. The number of rotatable bonds is 20. The molecule has 8 nitrogen and oxygen atoms in total. The summed E-state index contributed by atoms with van der Waals surface area (Å²) in [4.78, 5) is 50.8. The van der Waals surface area contributed by atoms with E-state index in [1.54, 1.807) is 27.7 Å². The van der Waals surface area contributed by atoms with E-state index in [1.165, 1.54) is 0 Å². The molecule has 0 radical (unpaired) electrons. The van der Waals surface area contributed by atoms with E-state index in [0.717, 1.165) is 63.8 Å². The summed E-state index contributed by atoms with van der Waals surface area (Å²) in [5.74, 6) is 0.0506. The van der Waals surface area contributed by atoms with Crippen LogP contribution in [0.3, 0.4) is 0 Å². The van der Waals surface area contributed by atoms with Crippen LogP contribution in [-0.2, 0) is 19.2 Å². The maximum atomic E-state index is 12.7. The van der Waals surface area contributed by atoms with Crippen molar-refractivity contribution in [1.82, 2.24) is 0 Å². The maximum absolute atomic E-state index is 12.7. The van der Waals surface area contributed by atoms with E-state index >= 15 is 0 Å². The number of ether oxygens (including phenoxy) is 4. The van der Waals surface area contributed by atoms with Crippen LogP contribution in [0.15, 0.2) is 121 Å². The number of hydrogen-bond acceptors (Lipinski definition) is 8. The van der Waals surface area contributed by atoms with Crippen molar-refractivity contribution < 1.29 is 38.1 Å². The molecule has 344 valence electrons. The molecule has 4 aromatic carbocycles.